The van der Waals surface area contributed by atoms with Gasteiger partial charge in [0.15, 0.2) is 0 Å². The lowest BCUT2D eigenvalue weighted by Gasteiger charge is -2.12. The highest BCUT2D eigenvalue weighted by molar-refractivity contribution is 7.09. The van der Waals surface area contributed by atoms with Crippen molar-refractivity contribution < 1.29 is 4.92 Å². The summed E-state index contributed by atoms with van der Waals surface area (Å²) in [7, 11) is 0. The minimum Gasteiger partial charge on any atom is -0.379 e. The zero-order valence-corrected chi connectivity index (χ0v) is 11.6. The first kappa shape index (κ1) is 13.5. The normalized spacial score (nSPS) is 12.1. The van der Waals surface area contributed by atoms with Crippen molar-refractivity contribution >= 4 is 22.7 Å². The summed E-state index contributed by atoms with van der Waals surface area (Å²) < 4.78 is 0. The average Bonchev–Trinajstić information content (AvgIpc) is 2.89. The quantitative estimate of drug-likeness (QED) is 0.670. The van der Waals surface area contributed by atoms with Crippen LogP contribution in [-0.2, 0) is 0 Å². The summed E-state index contributed by atoms with van der Waals surface area (Å²) in [5.74, 6) is 0.222. The van der Waals surface area contributed by atoms with Gasteiger partial charge in [0.05, 0.1) is 9.93 Å². The Labute approximate surface area is 115 Å². The van der Waals surface area contributed by atoms with E-state index in [1.807, 2.05) is 19.2 Å². The number of aromatic nitrogens is 1. The van der Waals surface area contributed by atoms with Crippen molar-refractivity contribution in [2.75, 3.05) is 11.9 Å². The zero-order chi connectivity index (χ0) is 13.8. The minimum absolute atomic E-state index is 0.108. The molecule has 2 aromatic rings. The molecule has 1 aromatic heterocycles. The maximum absolute atomic E-state index is 11.0. The minimum atomic E-state index is -0.365. The number of rotatable bonds is 5. The Morgan fingerprint density at radius 1 is 1.53 bits per heavy atom. The molecular formula is C13H15N3O2S. The number of hydrogen-bond acceptors (Lipinski definition) is 5. The van der Waals surface area contributed by atoms with Gasteiger partial charge < -0.3 is 5.32 Å². The number of nitro benzene ring substituents is 1. The molecule has 5 nitrogen and oxygen atoms in total. The van der Waals surface area contributed by atoms with Gasteiger partial charge in [0.25, 0.3) is 5.69 Å². The number of aryl methyl sites for hydroxylation is 1. The van der Waals surface area contributed by atoms with E-state index >= 15 is 0 Å². The fourth-order valence-electron chi connectivity index (χ4n) is 1.78. The van der Waals surface area contributed by atoms with E-state index in [9.17, 15) is 10.1 Å². The van der Waals surface area contributed by atoms with Gasteiger partial charge >= 0.3 is 0 Å². The van der Waals surface area contributed by atoms with Crippen LogP contribution >= 0.6 is 11.3 Å². The molecule has 1 N–H and O–H groups in total. The molecule has 2 rings (SSSR count). The van der Waals surface area contributed by atoms with E-state index in [0.717, 1.165) is 10.6 Å². The summed E-state index contributed by atoms with van der Waals surface area (Å²) in [5.41, 5.74) is 1.67. The molecule has 19 heavy (non-hydrogen) atoms. The predicted octanol–water partition coefficient (Wildman–Crippen LogP) is 3.58. The van der Waals surface area contributed by atoms with E-state index in [0.29, 0.717) is 12.2 Å². The van der Waals surface area contributed by atoms with Crippen molar-refractivity contribution in [3.05, 3.63) is 50.5 Å². The van der Waals surface area contributed by atoms with Crippen LogP contribution < -0.4 is 5.32 Å². The summed E-state index contributed by atoms with van der Waals surface area (Å²) in [4.78, 5) is 14.8. The van der Waals surface area contributed by atoms with Crippen LogP contribution in [0.3, 0.4) is 0 Å². The molecule has 0 saturated carbocycles. The van der Waals surface area contributed by atoms with Crippen LogP contribution in [0.15, 0.2) is 29.8 Å². The van der Waals surface area contributed by atoms with Crippen LogP contribution in [0.2, 0.25) is 0 Å². The molecule has 1 atom stereocenters. The summed E-state index contributed by atoms with van der Waals surface area (Å²) in [6.45, 7) is 4.59. The van der Waals surface area contributed by atoms with E-state index in [2.05, 4.69) is 10.3 Å². The molecule has 1 unspecified atom stereocenters. The molecule has 0 saturated heterocycles. The molecule has 1 aromatic carbocycles. The van der Waals surface area contributed by atoms with Gasteiger partial charge in [0.2, 0.25) is 0 Å². The molecule has 0 fully saturated rings. The lowest BCUT2D eigenvalue weighted by atomic mass is 10.1. The van der Waals surface area contributed by atoms with Crippen LogP contribution in [0.1, 0.15) is 23.4 Å². The predicted molar refractivity (Wildman–Crippen MR) is 76.9 cm³/mol. The number of hydrogen-bond donors (Lipinski definition) is 1. The van der Waals surface area contributed by atoms with E-state index < -0.39 is 0 Å². The summed E-state index contributed by atoms with van der Waals surface area (Å²) >= 11 is 1.59. The second kappa shape index (κ2) is 5.79. The Morgan fingerprint density at radius 3 is 2.95 bits per heavy atom. The molecular weight excluding hydrogens is 262 g/mol. The zero-order valence-electron chi connectivity index (χ0n) is 10.8. The molecule has 0 aliphatic rings. The Morgan fingerprint density at radius 2 is 2.32 bits per heavy atom. The topological polar surface area (TPSA) is 68.1 Å². The standard InChI is InChI=1S/C13H15N3O2S/c1-9-3-4-12(16(17)18)11(7-9)15-8-10(2)13-14-5-6-19-13/h3-7,10,15H,8H2,1-2H3. The number of thiazole rings is 1. The molecule has 0 aliphatic heterocycles. The van der Waals surface area contributed by atoms with Crippen LogP contribution in [0.4, 0.5) is 11.4 Å². The van der Waals surface area contributed by atoms with Crippen molar-refractivity contribution in [1.82, 2.24) is 4.98 Å². The fraction of sp³-hybridized carbons (Fsp3) is 0.308. The molecule has 0 aliphatic carbocycles. The van der Waals surface area contributed by atoms with Gasteiger partial charge in [-0.05, 0) is 18.6 Å². The third-order valence-electron chi connectivity index (χ3n) is 2.82. The van der Waals surface area contributed by atoms with Gasteiger partial charge in [0.1, 0.15) is 5.69 Å². The molecule has 0 radical (unpaired) electrons. The third-order valence-corrected chi connectivity index (χ3v) is 3.83. The van der Waals surface area contributed by atoms with Gasteiger partial charge in [-0.25, -0.2) is 4.98 Å². The first-order chi connectivity index (χ1) is 9.08. The molecule has 100 valence electrons. The van der Waals surface area contributed by atoms with Crippen molar-refractivity contribution in [3.8, 4) is 0 Å². The number of nitrogens with one attached hydrogen (secondary N) is 1. The summed E-state index contributed by atoms with van der Waals surface area (Å²) in [6.07, 6.45) is 1.77. The first-order valence-corrected chi connectivity index (χ1v) is 6.84. The van der Waals surface area contributed by atoms with Gasteiger partial charge in [-0.3, -0.25) is 10.1 Å². The number of nitro groups is 1. The molecule has 0 amide bonds. The average molecular weight is 277 g/mol. The van der Waals surface area contributed by atoms with Gasteiger partial charge in [-0.2, -0.15) is 0 Å². The summed E-state index contributed by atoms with van der Waals surface area (Å²) in [5, 5.41) is 17.1. The molecule has 6 heteroatoms. The monoisotopic (exact) mass is 277 g/mol. The Bertz CT molecular complexity index is 569. The first-order valence-electron chi connectivity index (χ1n) is 5.96. The second-order valence-electron chi connectivity index (χ2n) is 4.43. The van der Waals surface area contributed by atoms with E-state index in [1.54, 1.807) is 29.7 Å². The van der Waals surface area contributed by atoms with E-state index in [1.165, 1.54) is 6.07 Å². The number of nitrogens with zero attached hydrogens (tertiary/aromatic N) is 2. The molecule has 0 spiro atoms. The third kappa shape index (κ3) is 3.29. The lowest BCUT2D eigenvalue weighted by molar-refractivity contribution is -0.384. The van der Waals surface area contributed by atoms with Gasteiger partial charge in [0, 0.05) is 30.1 Å². The number of anilines is 1. The van der Waals surface area contributed by atoms with Crippen molar-refractivity contribution in [3.63, 3.8) is 0 Å². The summed E-state index contributed by atoms with van der Waals surface area (Å²) in [6, 6.07) is 5.08. The fourth-order valence-corrected chi connectivity index (χ4v) is 2.48. The van der Waals surface area contributed by atoms with Crippen molar-refractivity contribution in [2.24, 2.45) is 0 Å². The smallest absolute Gasteiger partial charge is 0.292 e. The van der Waals surface area contributed by atoms with E-state index in [4.69, 9.17) is 0 Å². The van der Waals surface area contributed by atoms with Crippen LogP contribution in [0.25, 0.3) is 0 Å². The van der Waals surface area contributed by atoms with Crippen LogP contribution in [-0.4, -0.2) is 16.5 Å². The Hall–Kier alpha value is -1.95. The maximum Gasteiger partial charge on any atom is 0.292 e. The molecule has 0 bridgehead atoms. The SMILES string of the molecule is Cc1ccc([N+](=O)[O-])c(NCC(C)c2nccs2)c1. The van der Waals surface area contributed by atoms with Crippen LogP contribution in [0, 0.1) is 17.0 Å². The highest BCUT2D eigenvalue weighted by Crippen LogP contribution is 2.26. The van der Waals surface area contributed by atoms with Crippen molar-refractivity contribution in [1.29, 1.82) is 0 Å². The second-order valence-corrected chi connectivity index (χ2v) is 5.36. The lowest BCUT2D eigenvalue weighted by Crippen LogP contribution is -2.11. The maximum atomic E-state index is 11.0. The van der Waals surface area contributed by atoms with Crippen LogP contribution in [0.5, 0.6) is 0 Å². The van der Waals surface area contributed by atoms with Gasteiger partial charge in [-0.15, -0.1) is 11.3 Å². The van der Waals surface area contributed by atoms with E-state index in [-0.39, 0.29) is 16.5 Å². The highest BCUT2D eigenvalue weighted by Gasteiger charge is 2.15. The highest BCUT2D eigenvalue weighted by atomic mass is 32.1. The largest absolute Gasteiger partial charge is 0.379 e. The Balaban J connectivity index is 2.10. The molecule has 1 heterocycles. The number of benzene rings is 1. The van der Waals surface area contributed by atoms with Gasteiger partial charge in [-0.1, -0.05) is 13.0 Å². The van der Waals surface area contributed by atoms with Crippen molar-refractivity contribution in [2.45, 2.75) is 19.8 Å². The Kier molecular flexibility index (Phi) is 4.11.